The Hall–Kier alpha value is -4.17. The molecule has 212 valence electrons. The van der Waals surface area contributed by atoms with E-state index < -0.39 is 7.14 Å². The summed E-state index contributed by atoms with van der Waals surface area (Å²) in [7, 11) is -3.08. The zero-order valence-electron chi connectivity index (χ0n) is 24.9. The van der Waals surface area contributed by atoms with E-state index >= 15 is 4.57 Å². The lowest BCUT2D eigenvalue weighted by molar-refractivity contribution is 0.591. The van der Waals surface area contributed by atoms with Gasteiger partial charge in [0, 0.05) is 47.2 Å². The molecule has 0 saturated heterocycles. The van der Waals surface area contributed by atoms with Crippen molar-refractivity contribution in [2.24, 2.45) is 0 Å². The van der Waals surface area contributed by atoms with Gasteiger partial charge in [-0.05, 0) is 73.5 Å². The van der Waals surface area contributed by atoms with Crippen molar-refractivity contribution >= 4 is 66.3 Å². The van der Waals surface area contributed by atoms with E-state index in [9.17, 15) is 0 Å². The molecule has 2 heterocycles. The van der Waals surface area contributed by atoms with Crippen LogP contribution < -0.4 is 15.5 Å². The van der Waals surface area contributed by atoms with Crippen LogP contribution in [0.5, 0.6) is 0 Å². The third-order valence-electron chi connectivity index (χ3n) is 8.81. The predicted molar refractivity (Wildman–Crippen MR) is 188 cm³/mol. The van der Waals surface area contributed by atoms with Crippen LogP contribution in [0.1, 0.15) is 38.8 Å². The Morgan fingerprint density at radius 1 is 0.698 bits per heavy atom. The van der Waals surface area contributed by atoms with Crippen molar-refractivity contribution in [2.75, 3.05) is 4.90 Å². The quantitative estimate of drug-likeness (QED) is 0.146. The molecule has 0 spiro atoms. The molecule has 2 nitrogen and oxygen atoms in total. The fourth-order valence-corrected chi connectivity index (χ4v) is 10.5. The van der Waals surface area contributed by atoms with Gasteiger partial charge in [-0.1, -0.05) is 98.8 Å². The van der Waals surface area contributed by atoms with Crippen molar-refractivity contribution in [2.45, 2.75) is 33.1 Å². The second kappa shape index (κ2) is 10.5. The highest BCUT2D eigenvalue weighted by atomic mass is 32.1. The molecular weight excluding hydrogens is 561 g/mol. The van der Waals surface area contributed by atoms with E-state index in [1.165, 1.54) is 37.3 Å². The van der Waals surface area contributed by atoms with Gasteiger partial charge >= 0.3 is 0 Å². The average molecular weight is 596 g/mol. The van der Waals surface area contributed by atoms with Crippen molar-refractivity contribution < 1.29 is 4.57 Å². The first-order valence-electron chi connectivity index (χ1n) is 14.8. The van der Waals surface area contributed by atoms with Gasteiger partial charge in [-0.3, -0.25) is 0 Å². The topological polar surface area (TPSA) is 20.3 Å². The van der Waals surface area contributed by atoms with Crippen LogP contribution in [0.2, 0.25) is 0 Å². The van der Waals surface area contributed by atoms with Crippen LogP contribution >= 0.6 is 18.5 Å². The van der Waals surface area contributed by atoms with E-state index in [1.54, 1.807) is 11.3 Å². The summed E-state index contributed by atoms with van der Waals surface area (Å²) in [4.78, 5) is 2.40. The third-order valence-corrected chi connectivity index (χ3v) is 13.1. The molecule has 4 heteroatoms. The second-order valence-corrected chi connectivity index (χ2v) is 15.5. The second-order valence-electron chi connectivity index (χ2n) is 11.6. The molecule has 0 saturated carbocycles. The molecule has 0 N–H and O–H groups in total. The molecule has 0 fully saturated rings. The van der Waals surface area contributed by atoms with Gasteiger partial charge in [0.25, 0.3) is 0 Å². The van der Waals surface area contributed by atoms with Crippen molar-refractivity contribution in [1.29, 1.82) is 0 Å². The number of rotatable bonds is 5. The van der Waals surface area contributed by atoms with Crippen LogP contribution in [0.4, 0.5) is 17.1 Å². The van der Waals surface area contributed by atoms with Gasteiger partial charge in [0.1, 0.15) is 0 Å². The summed E-state index contributed by atoms with van der Waals surface area (Å²) < 4.78 is 17.6. The Morgan fingerprint density at radius 2 is 1.28 bits per heavy atom. The Labute approximate surface area is 258 Å². The van der Waals surface area contributed by atoms with Crippen LogP contribution in [0.25, 0.3) is 20.2 Å². The minimum Gasteiger partial charge on any atom is -0.310 e. The number of thiophene rings is 1. The number of nitrogens with zero attached hydrogens (tertiary/aromatic N) is 1. The fourth-order valence-electron chi connectivity index (χ4n) is 6.67. The summed E-state index contributed by atoms with van der Waals surface area (Å²) in [6, 6.07) is 40.7. The number of anilines is 3. The lowest BCUT2D eigenvalue weighted by Gasteiger charge is -2.42. The summed E-state index contributed by atoms with van der Waals surface area (Å²) >= 11 is 1.79. The maximum absolute atomic E-state index is 15.2. The summed E-state index contributed by atoms with van der Waals surface area (Å²) in [6.07, 6.45) is 5.97. The first-order chi connectivity index (χ1) is 20.9. The van der Waals surface area contributed by atoms with E-state index in [-0.39, 0.29) is 5.41 Å². The molecule has 1 unspecified atom stereocenters. The minimum absolute atomic E-state index is 0.103. The molecule has 1 atom stereocenters. The Kier molecular flexibility index (Phi) is 6.77. The highest BCUT2D eigenvalue weighted by Gasteiger charge is 2.36. The summed E-state index contributed by atoms with van der Waals surface area (Å²) in [5, 5.41) is 4.89. The largest absolute Gasteiger partial charge is 0.310 e. The van der Waals surface area contributed by atoms with Crippen LogP contribution in [0, 0.1) is 0 Å². The van der Waals surface area contributed by atoms with E-state index in [4.69, 9.17) is 0 Å². The third kappa shape index (κ3) is 4.26. The first kappa shape index (κ1) is 27.7. The molecule has 0 amide bonds. The van der Waals surface area contributed by atoms with Gasteiger partial charge in [-0.2, -0.15) is 0 Å². The van der Waals surface area contributed by atoms with Crippen LogP contribution in [-0.2, 0) is 9.98 Å². The number of hydrogen-bond acceptors (Lipinski definition) is 3. The van der Waals surface area contributed by atoms with Crippen LogP contribution in [0.3, 0.4) is 0 Å². The Morgan fingerprint density at radius 3 is 1.91 bits per heavy atom. The highest BCUT2D eigenvalue weighted by molar-refractivity contribution is 7.82. The lowest BCUT2D eigenvalue weighted by atomic mass is 9.73. The van der Waals surface area contributed by atoms with Gasteiger partial charge in [-0.25, -0.2) is 0 Å². The maximum Gasteiger partial charge on any atom is 0.170 e. The zero-order valence-corrected chi connectivity index (χ0v) is 26.6. The highest BCUT2D eigenvalue weighted by Crippen LogP contribution is 2.54. The summed E-state index contributed by atoms with van der Waals surface area (Å²) in [5.41, 5.74) is 6.08. The molecule has 1 aromatic heterocycles. The monoisotopic (exact) mass is 595 g/mol. The standard InChI is InChI=1S/C39H34NOPS/c1-5-14-28(6-2)42(41,29-15-8-7-9-16-29)30-22-24-38-32(26-30)31-25-27(21-23-37(31)43-38)40-35-19-12-10-17-33(35)39(3,4)34-18-11-13-20-36(34)40/h5-26H,1-4H3/b14-5-,28-6+. The van der Waals surface area contributed by atoms with Gasteiger partial charge < -0.3 is 9.46 Å². The number of hydrogen-bond donors (Lipinski definition) is 0. The van der Waals surface area contributed by atoms with E-state index in [1.807, 2.05) is 62.4 Å². The van der Waals surface area contributed by atoms with Crippen molar-refractivity contribution in [3.63, 3.8) is 0 Å². The molecule has 0 radical (unpaired) electrons. The predicted octanol–water partition coefficient (Wildman–Crippen LogP) is 11.0. The van der Waals surface area contributed by atoms with Crippen molar-refractivity contribution in [1.82, 2.24) is 0 Å². The number of benzene rings is 5. The normalized spacial score (nSPS) is 15.9. The van der Waals surface area contributed by atoms with Crippen LogP contribution in [-0.4, -0.2) is 0 Å². The summed E-state index contributed by atoms with van der Waals surface area (Å²) in [5.74, 6) is 0. The first-order valence-corrected chi connectivity index (χ1v) is 17.3. The molecule has 0 bridgehead atoms. The Balaban J connectivity index is 1.45. The van der Waals surface area contributed by atoms with Crippen LogP contribution in [0.15, 0.2) is 139 Å². The molecule has 43 heavy (non-hydrogen) atoms. The van der Waals surface area contributed by atoms with Gasteiger partial charge in [0.2, 0.25) is 0 Å². The van der Waals surface area contributed by atoms with E-state index in [0.717, 1.165) is 27.0 Å². The van der Waals surface area contributed by atoms with Gasteiger partial charge in [-0.15, -0.1) is 11.3 Å². The fraction of sp³-hybridized carbons (Fsp3) is 0.128. The van der Waals surface area contributed by atoms with E-state index in [0.29, 0.717) is 0 Å². The number of allylic oxidation sites excluding steroid dienone is 4. The molecule has 1 aliphatic heterocycles. The van der Waals surface area contributed by atoms with Gasteiger partial charge in [0.15, 0.2) is 7.14 Å². The van der Waals surface area contributed by atoms with E-state index in [2.05, 4.69) is 104 Å². The molecule has 1 aliphatic rings. The zero-order chi connectivity index (χ0) is 29.8. The van der Waals surface area contributed by atoms with Crippen molar-refractivity contribution in [3.8, 4) is 0 Å². The lowest BCUT2D eigenvalue weighted by Crippen LogP contribution is -2.30. The maximum atomic E-state index is 15.2. The minimum atomic E-state index is -3.08. The van der Waals surface area contributed by atoms with Crippen molar-refractivity contribution in [3.05, 3.63) is 150 Å². The average Bonchev–Trinajstić information content (AvgIpc) is 3.41. The number of fused-ring (bicyclic) bond motifs is 5. The Bertz CT molecular complexity index is 2070. The van der Waals surface area contributed by atoms with Gasteiger partial charge in [0.05, 0.1) is 11.4 Å². The molecular formula is C39H34NOPS. The summed E-state index contributed by atoms with van der Waals surface area (Å²) in [6.45, 7) is 8.59. The molecule has 6 aromatic rings. The molecule has 7 rings (SSSR count). The SMILES string of the molecule is C/C=C\C(=C/C)P(=O)(c1ccccc1)c1ccc2sc3ccc(N4c5ccccc5C(C)(C)c5ccccc54)cc3c2c1. The number of para-hydroxylation sites is 2. The molecule has 0 aliphatic carbocycles. The smallest absolute Gasteiger partial charge is 0.170 e. The molecule has 5 aromatic carbocycles.